The molecule has 0 unspecified atom stereocenters. The molecule has 1 rings (SSSR count). The van der Waals surface area contributed by atoms with E-state index in [1.54, 1.807) is 0 Å². The number of carbonyl (C=O) groups excluding carboxylic acids is 1. The second-order valence-corrected chi connectivity index (χ2v) is 3.89. The summed E-state index contributed by atoms with van der Waals surface area (Å²) in [5.41, 5.74) is 7.24. The zero-order valence-corrected chi connectivity index (χ0v) is 11.2. The van der Waals surface area contributed by atoms with Crippen molar-refractivity contribution in [3.05, 3.63) is 16.8 Å². The third-order valence-corrected chi connectivity index (χ3v) is 2.67. The average Bonchev–Trinajstić information content (AvgIpc) is 2.42. The maximum absolute atomic E-state index is 10.5. The molecule has 0 saturated heterocycles. The SMILES string of the molecule is CCc1nnc(NCCNC(N)=O)c(C#N)c1CC. The van der Waals surface area contributed by atoms with Gasteiger partial charge in [0, 0.05) is 13.1 Å². The lowest BCUT2D eigenvalue weighted by Crippen LogP contribution is -2.33. The highest BCUT2D eigenvalue weighted by atomic mass is 16.2. The van der Waals surface area contributed by atoms with Crippen LogP contribution < -0.4 is 16.4 Å². The van der Waals surface area contributed by atoms with E-state index in [4.69, 9.17) is 5.73 Å². The molecule has 7 heteroatoms. The third kappa shape index (κ3) is 3.81. The normalized spacial score (nSPS) is 9.74. The minimum atomic E-state index is -0.580. The van der Waals surface area contributed by atoms with Crippen LogP contribution in [-0.2, 0) is 12.8 Å². The second-order valence-electron chi connectivity index (χ2n) is 3.89. The first-order valence-corrected chi connectivity index (χ1v) is 6.19. The molecule has 2 amide bonds. The Hall–Kier alpha value is -2.36. The summed E-state index contributed by atoms with van der Waals surface area (Å²) in [6.07, 6.45) is 1.48. The molecule has 7 nitrogen and oxygen atoms in total. The van der Waals surface area contributed by atoms with Gasteiger partial charge in [-0.05, 0) is 18.4 Å². The molecule has 0 saturated carbocycles. The molecule has 1 aromatic heterocycles. The van der Waals surface area contributed by atoms with E-state index in [-0.39, 0.29) is 0 Å². The highest BCUT2D eigenvalue weighted by molar-refractivity contribution is 5.71. The molecular weight excluding hydrogens is 244 g/mol. The Bertz CT molecular complexity index is 494. The molecule has 0 aliphatic heterocycles. The fraction of sp³-hybridized carbons (Fsp3) is 0.500. The van der Waals surface area contributed by atoms with Gasteiger partial charge in [-0.1, -0.05) is 13.8 Å². The monoisotopic (exact) mass is 262 g/mol. The predicted molar refractivity (Wildman–Crippen MR) is 71.6 cm³/mol. The van der Waals surface area contributed by atoms with Gasteiger partial charge in [-0.25, -0.2) is 4.79 Å². The maximum atomic E-state index is 10.5. The smallest absolute Gasteiger partial charge is 0.312 e. The number of nitrogens with one attached hydrogen (secondary N) is 2. The number of amides is 2. The van der Waals surface area contributed by atoms with Crippen molar-refractivity contribution >= 4 is 11.8 Å². The van der Waals surface area contributed by atoms with Crippen molar-refractivity contribution in [2.45, 2.75) is 26.7 Å². The van der Waals surface area contributed by atoms with E-state index in [2.05, 4.69) is 26.9 Å². The molecule has 0 atom stereocenters. The second kappa shape index (κ2) is 7.16. The number of hydrogen-bond acceptors (Lipinski definition) is 5. The van der Waals surface area contributed by atoms with Gasteiger partial charge in [0.1, 0.15) is 11.6 Å². The molecule has 4 N–H and O–H groups in total. The minimum Gasteiger partial charge on any atom is -0.366 e. The molecule has 102 valence electrons. The van der Waals surface area contributed by atoms with Gasteiger partial charge in [-0.3, -0.25) is 0 Å². The van der Waals surface area contributed by atoms with Gasteiger partial charge in [-0.2, -0.15) is 10.4 Å². The topological polar surface area (TPSA) is 117 Å². The summed E-state index contributed by atoms with van der Waals surface area (Å²) in [6.45, 7) is 4.75. The van der Waals surface area contributed by atoms with Crippen LogP contribution in [0.5, 0.6) is 0 Å². The molecule has 0 aliphatic carbocycles. The summed E-state index contributed by atoms with van der Waals surface area (Å²) in [5, 5.41) is 22.8. The average molecular weight is 262 g/mol. The Morgan fingerprint density at radius 1 is 1.32 bits per heavy atom. The van der Waals surface area contributed by atoms with Gasteiger partial charge in [-0.15, -0.1) is 5.10 Å². The summed E-state index contributed by atoms with van der Waals surface area (Å²) in [6, 6.07) is 1.58. The lowest BCUT2D eigenvalue weighted by Gasteiger charge is -2.11. The Morgan fingerprint density at radius 3 is 2.58 bits per heavy atom. The lowest BCUT2D eigenvalue weighted by atomic mass is 10.0. The summed E-state index contributed by atoms with van der Waals surface area (Å²) >= 11 is 0. The minimum absolute atomic E-state index is 0.360. The molecule has 1 aromatic rings. The van der Waals surface area contributed by atoms with Crippen LogP contribution in [0.25, 0.3) is 0 Å². The number of carbonyl (C=O) groups is 1. The zero-order chi connectivity index (χ0) is 14.3. The number of urea groups is 1. The lowest BCUT2D eigenvalue weighted by molar-refractivity contribution is 0.249. The van der Waals surface area contributed by atoms with Gasteiger partial charge in [0.2, 0.25) is 0 Å². The largest absolute Gasteiger partial charge is 0.366 e. The van der Waals surface area contributed by atoms with E-state index in [1.165, 1.54) is 0 Å². The van der Waals surface area contributed by atoms with Crippen molar-refractivity contribution in [3.8, 4) is 6.07 Å². The van der Waals surface area contributed by atoms with E-state index >= 15 is 0 Å². The van der Waals surface area contributed by atoms with Crippen molar-refractivity contribution in [2.24, 2.45) is 5.73 Å². The summed E-state index contributed by atoms with van der Waals surface area (Å²) < 4.78 is 0. The third-order valence-electron chi connectivity index (χ3n) is 2.67. The van der Waals surface area contributed by atoms with Gasteiger partial charge < -0.3 is 16.4 Å². The Labute approximate surface area is 112 Å². The molecule has 0 fully saturated rings. The van der Waals surface area contributed by atoms with Crippen molar-refractivity contribution in [1.29, 1.82) is 5.26 Å². The summed E-state index contributed by atoms with van der Waals surface area (Å²) in [7, 11) is 0. The van der Waals surface area contributed by atoms with E-state index in [0.717, 1.165) is 24.1 Å². The summed E-state index contributed by atoms with van der Waals surface area (Å²) in [5.74, 6) is 0.447. The van der Waals surface area contributed by atoms with Gasteiger partial charge in [0.25, 0.3) is 0 Å². The van der Waals surface area contributed by atoms with Crippen LogP contribution in [0.2, 0.25) is 0 Å². The van der Waals surface area contributed by atoms with Crippen molar-refractivity contribution in [3.63, 3.8) is 0 Å². The number of primary amides is 1. The molecule has 0 spiro atoms. The van der Waals surface area contributed by atoms with Crippen LogP contribution in [-0.4, -0.2) is 29.3 Å². The Balaban J connectivity index is 2.84. The fourth-order valence-corrected chi connectivity index (χ4v) is 1.78. The van der Waals surface area contributed by atoms with Crippen LogP contribution >= 0.6 is 0 Å². The number of hydrogen-bond donors (Lipinski definition) is 3. The zero-order valence-electron chi connectivity index (χ0n) is 11.2. The first-order valence-electron chi connectivity index (χ1n) is 6.19. The molecule has 0 bridgehead atoms. The number of aromatic nitrogens is 2. The van der Waals surface area contributed by atoms with Crippen LogP contribution in [0.1, 0.15) is 30.7 Å². The van der Waals surface area contributed by atoms with Crippen molar-refractivity contribution in [1.82, 2.24) is 15.5 Å². The number of nitrogens with two attached hydrogens (primary N) is 1. The van der Waals surface area contributed by atoms with Gasteiger partial charge in [0.15, 0.2) is 5.82 Å². The summed E-state index contributed by atoms with van der Waals surface area (Å²) in [4.78, 5) is 10.5. The maximum Gasteiger partial charge on any atom is 0.312 e. The highest BCUT2D eigenvalue weighted by Gasteiger charge is 2.13. The van der Waals surface area contributed by atoms with Crippen LogP contribution in [0.15, 0.2) is 0 Å². The van der Waals surface area contributed by atoms with E-state index < -0.39 is 6.03 Å². The Morgan fingerprint density at radius 2 is 2.05 bits per heavy atom. The van der Waals surface area contributed by atoms with Gasteiger partial charge in [0.05, 0.1) is 5.69 Å². The molecule has 1 heterocycles. The molecular formula is C12H18N6O. The Kier molecular flexibility index (Phi) is 5.54. The van der Waals surface area contributed by atoms with E-state index in [0.29, 0.717) is 24.5 Å². The number of rotatable bonds is 6. The van der Waals surface area contributed by atoms with E-state index in [1.807, 2.05) is 13.8 Å². The molecule has 0 radical (unpaired) electrons. The number of nitriles is 1. The van der Waals surface area contributed by atoms with Crippen LogP contribution in [0.4, 0.5) is 10.6 Å². The molecule has 19 heavy (non-hydrogen) atoms. The van der Waals surface area contributed by atoms with Crippen LogP contribution in [0.3, 0.4) is 0 Å². The highest BCUT2D eigenvalue weighted by Crippen LogP contribution is 2.19. The number of nitrogens with zero attached hydrogens (tertiary/aromatic N) is 3. The predicted octanol–water partition coefficient (Wildman–Crippen LogP) is 0.553. The first-order chi connectivity index (χ1) is 9.13. The molecule has 0 aliphatic rings. The standard InChI is InChI=1S/C12H18N6O/c1-3-8-9(7-13)11(18-17-10(8)4-2)15-5-6-16-12(14)19/h3-6H2,1-2H3,(H,15,18)(H3,14,16,19). The van der Waals surface area contributed by atoms with E-state index in [9.17, 15) is 10.1 Å². The fourth-order valence-electron chi connectivity index (χ4n) is 1.78. The van der Waals surface area contributed by atoms with Crippen molar-refractivity contribution < 1.29 is 4.79 Å². The molecule has 0 aromatic carbocycles. The van der Waals surface area contributed by atoms with Crippen molar-refractivity contribution in [2.75, 3.05) is 18.4 Å². The number of aryl methyl sites for hydroxylation is 1. The number of anilines is 1. The first kappa shape index (κ1) is 14.7. The van der Waals surface area contributed by atoms with Crippen LogP contribution in [0, 0.1) is 11.3 Å². The van der Waals surface area contributed by atoms with Gasteiger partial charge >= 0.3 is 6.03 Å². The quantitative estimate of drug-likeness (QED) is 0.647.